The maximum atomic E-state index is 11.7. The van der Waals surface area contributed by atoms with Crippen molar-refractivity contribution >= 4 is 17.5 Å². The highest BCUT2D eigenvalue weighted by Crippen LogP contribution is 2.21. The Morgan fingerprint density at radius 1 is 1.30 bits per heavy atom. The average molecular weight is 335 g/mol. The highest BCUT2D eigenvalue weighted by molar-refractivity contribution is 6.30. The second-order valence-corrected chi connectivity index (χ2v) is 5.57. The zero-order valence-corrected chi connectivity index (χ0v) is 13.7. The highest BCUT2D eigenvalue weighted by atomic mass is 35.5. The van der Waals surface area contributed by atoms with Crippen LogP contribution in [0.2, 0.25) is 5.02 Å². The van der Waals surface area contributed by atoms with Crippen LogP contribution in [0.5, 0.6) is 5.75 Å². The normalized spacial score (nSPS) is 10.3. The predicted molar refractivity (Wildman–Crippen MR) is 90.0 cm³/mol. The largest absolute Gasteiger partial charge is 0.484 e. The van der Waals surface area contributed by atoms with Gasteiger partial charge >= 0.3 is 0 Å². The summed E-state index contributed by atoms with van der Waals surface area (Å²) in [6.45, 7) is 2.88. The van der Waals surface area contributed by atoms with Crippen molar-refractivity contribution in [3.05, 3.63) is 63.5 Å². The molecule has 0 aliphatic rings. The first-order valence-electron chi connectivity index (χ1n) is 7.37. The molecular formula is C17H19ClN2O3. The summed E-state index contributed by atoms with van der Waals surface area (Å²) in [5.74, 6) is 0.445. The van der Waals surface area contributed by atoms with Crippen LogP contribution >= 0.6 is 11.6 Å². The monoisotopic (exact) mass is 334 g/mol. The fourth-order valence-corrected chi connectivity index (χ4v) is 2.32. The number of amides is 1. The van der Waals surface area contributed by atoms with E-state index in [0.717, 1.165) is 5.56 Å². The summed E-state index contributed by atoms with van der Waals surface area (Å²) in [7, 11) is 0. The fraction of sp³-hybridized carbons (Fsp3) is 0.294. The summed E-state index contributed by atoms with van der Waals surface area (Å²) in [6, 6.07) is 10.3. The first kappa shape index (κ1) is 17.1. The Labute approximate surface area is 139 Å². The van der Waals surface area contributed by atoms with Crippen molar-refractivity contribution in [3.8, 4) is 5.75 Å². The molecule has 0 spiro atoms. The number of carbonyl (C=O) groups is 1. The van der Waals surface area contributed by atoms with Crippen molar-refractivity contribution in [3.63, 3.8) is 0 Å². The summed E-state index contributed by atoms with van der Waals surface area (Å²) < 4.78 is 7.07. The molecule has 0 aliphatic carbocycles. The fourth-order valence-electron chi connectivity index (χ4n) is 2.09. The molecule has 2 rings (SSSR count). The Morgan fingerprint density at radius 3 is 2.87 bits per heavy atom. The number of benzene rings is 1. The number of hydrogen-bond acceptors (Lipinski definition) is 3. The van der Waals surface area contributed by atoms with Crippen molar-refractivity contribution in [2.45, 2.75) is 19.9 Å². The Hall–Kier alpha value is -2.27. The number of aryl methyl sites for hydroxylation is 2. The van der Waals surface area contributed by atoms with Crippen molar-refractivity contribution in [2.24, 2.45) is 0 Å². The number of nitrogens with one attached hydrogen (secondary N) is 1. The van der Waals surface area contributed by atoms with Gasteiger partial charge in [0, 0.05) is 30.4 Å². The molecule has 6 heteroatoms. The van der Waals surface area contributed by atoms with Crippen LogP contribution in [-0.2, 0) is 11.3 Å². The molecule has 0 radical (unpaired) electrons. The Kier molecular flexibility index (Phi) is 6.23. The van der Waals surface area contributed by atoms with E-state index in [4.69, 9.17) is 16.3 Å². The van der Waals surface area contributed by atoms with Gasteiger partial charge in [-0.2, -0.15) is 0 Å². The lowest BCUT2D eigenvalue weighted by Gasteiger charge is -2.10. The average Bonchev–Trinajstić information content (AvgIpc) is 2.52. The van der Waals surface area contributed by atoms with Gasteiger partial charge in [0.2, 0.25) is 5.56 Å². The molecule has 0 unspecified atom stereocenters. The van der Waals surface area contributed by atoms with Crippen molar-refractivity contribution in [1.29, 1.82) is 0 Å². The first-order chi connectivity index (χ1) is 11.1. The molecule has 0 bridgehead atoms. The van der Waals surface area contributed by atoms with E-state index >= 15 is 0 Å². The number of halogens is 1. The number of ether oxygens (including phenoxy) is 1. The first-order valence-corrected chi connectivity index (χ1v) is 7.75. The summed E-state index contributed by atoms with van der Waals surface area (Å²) in [6.07, 6.45) is 2.41. The molecule has 1 heterocycles. The van der Waals surface area contributed by atoms with Crippen LogP contribution in [0, 0.1) is 6.92 Å². The van der Waals surface area contributed by atoms with Gasteiger partial charge < -0.3 is 14.6 Å². The third-order valence-electron chi connectivity index (χ3n) is 3.29. The van der Waals surface area contributed by atoms with E-state index in [1.807, 2.05) is 13.0 Å². The van der Waals surface area contributed by atoms with E-state index in [9.17, 15) is 9.59 Å². The highest BCUT2D eigenvalue weighted by Gasteiger charge is 2.05. The van der Waals surface area contributed by atoms with Gasteiger partial charge in [0.1, 0.15) is 5.75 Å². The minimum Gasteiger partial charge on any atom is -0.484 e. The molecular weight excluding hydrogens is 316 g/mol. The number of pyridine rings is 1. The molecule has 2 aromatic rings. The number of nitrogens with zero attached hydrogens (tertiary/aromatic N) is 1. The standard InChI is InChI=1S/C17H19ClN2O3/c1-13-11-14(18)6-7-15(13)23-12-16(21)19-8-4-10-20-9-3-2-5-17(20)22/h2-3,5-7,9,11H,4,8,10,12H2,1H3,(H,19,21). The Bertz CT molecular complexity index is 728. The molecule has 1 amide bonds. The topological polar surface area (TPSA) is 60.3 Å². The van der Waals surface area contributed by atoms with Gasteiger partial charge in [0.25, 0.3) is 5.91 Å². The van der Waals surface area contributed by atoms with E-state index in [2.05, 4.69) is 5.32 Å². The summed E-state index contributed by atoms with van der Waals surface area (Å²) >= 11 is 5.87. The number of carbonyl (C=O) groups excluding carboxylic acids is 1. The molecule has 1 N–H and O–H groups in total. The SMILES string of the molecule is Cc1cc(Cl)ccc1OCC(=O)NCCCn1ccccc1=O. The third-order valence-corrected chi connectivity index (χ3v) is 3.53. The molecule has 0 fully saturated rings. The van der Waals surface area contributed by atoms with Crippen LogP contribution < -0.4 is 15.6 Å². The smallest absolute Gasteiger partial charge is 0.257 e. The van der Waals surface area contributed by atoms with Gasteiger partial charge in [0.05, 0.1) is 0 Å². The lowest BCUT2D eigenvalue weighted by atomic mass is 10.2. The molecule has 5 nitrogen and oxygen atoms in total. The van der Waals surface area contributed by atoms with Crippen LogP contribution in [-0.4, -0.2) is 23.6 Å². The van der Waals surface area contributed by atoms with Crippen molar-refractivity contribution in [2.75, 3.05) is 13.2 Å². The van der Waals surface area contributed by atoms with Crippen molar-refractivity contribution in [1.82, 2.24) is 9.88 Å². The maximum absolute atomic E-state index is 11.7. The lowest BCUT2D eigenvalue weighted by Crippen LogP contribution is -2.31. The van der Waals surface area contributed by atoms with Crippen LogP contribution in [0.3, 0.4) is 0 Å². The van der Waals surface area contributed by atoms with E-state index in [1.165, 1.54) is 6.07 Å². The molecule has 122 valence electrons. The summed E-state index contributed by atoms with van der Waals surface area (Å²) in [5.41, 5.74) is 0.842. The van der Waals surface area contributed by atoms with Crippen LogP contribution in [0.1, 0.15) is 12.0 Å². The lowest BCUT2D eigenvalue weighted by molar-refractivity contribution is -0.123. The van der Waals surface area contributed by atoms with Gasteiger partial charge in [-0.1, -0.05) is 17.7 Å². The van der Waals surface area contributed by atoms with Crippen LogP contribution in [0.4, 0.5) is 0 Å². The molecule has 1 aromatic carbocycles. The van der Waals surface area contributed by atoms with Gasteiger partial charge in [-0.15, -0.1) is 0 Å². The third kappa shape index (κ3) is 5.45. The minimum atomic E-state index is -0.195. The number of aromatic nitrogens is 1. The molecule has 0 saturated heterocycles. The number of hydrogen-bond donors (Lipinski definition) is 1. The van der Waals surface area contributed by atoms with Crippen LogP contribution in [0.15, 0.2) is 47.4 Å². The molecule has 0 aliphatic heterocycles. The van der Waals surface area contributed by atoms with Gasteiger partial charge in [-0.05, 0) is 43.2 Å². The van der Waals surface area contributed by atoms with E-state index < -0.39 is 0 Å². The molecule has 0 atom stereocenters. The van der Waals surface area contributed by atoms with Crippen molar-refractivity contribution < 1.29 is 9.53 Å². The predicted octanol–water partition coefficient (Wildman–Crippen LogP) is 2.40. The molecule has 1 aromatic heterocycles. The van der Waals surface area contributed by atoms with Gasteiger partial charge in [0.15, 0.2) is 6.61 Å². The second kappa shape index (κ2) is 8.39. The molecule has 0 saturated carbocycles. The zero-order chi connectivity index (χ0) is 16.7. The Morgan fingerprint density at radius 2 is 2.13 bits per heavy atom. The zero-order valence-electron chi connectivity index (χ0n) is 12.9. The number of rotatable bonds is 7. The van der Waals surface area contributed by atoms with Gasteiger partial charge in [-0.3, -0.25) is 9.59 Å². The van der Waals surface area contributed by atoms with E-state index in [-0.39, 0.29) is 18.1 Å². The van der Waals surface area contributed by atoms with E-state index in [0.29, 0.717) is 30.3 Å². The quantitative estimate of drug-likeness (QED) is 0.791. The molecule has 23 heavy (non-hydrogen) atoms. The Balaban J connectivity index is 1.69. The second-order valence-electron chi connectivity index (χ2n) is 5.13. The minimum absolute atomic E-state index is 0.0413. The maximum Gasteiger partial charge on any atom is 0.257 e. The van der Waals surface area contributed by atoms with E-state index in [1.54, 1.807) is 35.0 Å². The summed E-state index contributed by atoms with van der Waals surface area (Å²) in [4.78, 5) is 23.3. The summed E-state index contributed by atoms with van der Waals surface area (Å²) in [5, 5.41) is 3.40. The van der Waals surface area contributed by atoms with Gasteiger partial charge in [-0.25, -0.2) is 0 Å². The van der Waals surface area contributed by atoms with Crippen LogP contribution in [0.25, 0.3) is 0 Å².